The predicted molar refractivity (Wildman–Crippen MR) is 106 cm³/mol. The van der Waals surface area contributed by atoms with E-state index in [1.807, 2.05) is 36.4 Å². The number of carbonyl (C=O) groups excluding carboxylic acids is 1. The molecule has 1 aliphatic heterocycles. The van der Waals surface area contributed by atoms with Crippen LogP contribution in [0.5, 0.6) is 5.75 Å². The molecular weight excluding hydrogens is 376 g/mol. The molecule has 28 heavy (non-hydrogen) atoms. The first-order chi connectivity index (χ1) is 13.5. The van der Waals surface area contributed by atoms with E-state index in [9.17, 15) is 13.2 Å². The van der Waals surface area contributed by atoms with Gasteiger partial charge in [-0.1, -0.05) is 36.4 Å². The van der Waals surface area contributed by atoms with Crippen LogP contribution >= 0.6 is 0 Å². The molecule has 1 aliphatic rings. The molecule has 144 valence electrons. The lowest BCUT2D eigenvalue weighted by molar-refractivity contribution is -0.121. The molecule has 0 saturated carbocycles. The van der Waals surface area contributed by atoms with E-state index in [2.05, 4.69) is 10.3 Å². The van der Waals surface area contributed by atoms with Crippen molar-refractivity contribution >= 4 is 26.6 Å². The zero-order chi connectivity index (χ0) is 19.6. The monoisotopic (exact) mass is 396 g/mol. The number of aromatic nitrogens is 1. The van der Waals surface area contributed by atoms with Crippen LogP contribution < -0.4 is 10.1 Å². The summed E-state index contributed by atoms with van der Waals surface area (Å²) in [7, 11) is -3.63. The van der Waals surface area contributed by atoms with E-state index in [0.717, 1.165) is 16.7 Å². The summed E-state index contributed by atoms with van der Waals surface area (Å²) in [4.78, 5) is 16.8. The van der Waals surface area contributed by atoms with Crippen LogP contribution in [-0.2, 0) is 14.6 Å². The number of sulfone groups is 1. The Morgan fingerprint density at radius 1 is 1.11 bits per heavy atom. The van der Waals surface area contributed by atoms with Crippen LogP contribution in [0, 0.1) is 0 Å². The lowest BCUT2D eigenvalue weighted by Gasteiger charge is -2.26. The van der Waals surface area contributed by atoms with Crippen LogP contribution in [0.1, 0.15) is 24.4 Å². The van der Waals surface area contributed by atoms with Crippen LogP contribution in [0.3, 0.4) is 0 Å². The van der Waals surface area contributed by atoms with Crippen LogP contribution in [-0.4, -0.2) is 31.7 Å². The van der Waals surface area contributed by atoms with Gasteiger partial charge in [-0.05, 0) is 18.2 Å². The first-order valence-electron chi connectivity index (χ1n) is 9.12. The second-order valence-corrected chi connectivity index (χ2v) is 8.77. The minimum atomic E-state index is -3.63. The van der Waals surface area contributed by atoms with E-state index in [4.69, 9.17) is 4.74 Å². The third-order valence-electron chi connectivity index (χ3n) is 4.82. The molecule has 1 N–H and O–H groups in total. The molecular formula is C21H20N2O4S. The first-order valence-corrected chi connectivity index (χ1v) is 10.8. The first kappa shape index (κ1) is 18.4. The Morgan fingerprint density at radius 3 is 2.82 bits per heavy atom. The van der Waals surface area contributed by atoms with Crippen molar-refractivity contribution in [1.29, 1.82) is 0 Å². The Hall–Kier alpha value is -2.93. The number of amides is 1. The SMILES string of the molecule is O=C(CCS(=O)(=O)c1cccc2cccnc12)N[C@H]1CCOc2ccccc21. The number of carbonyl (C=O) groups is 1. The third-order valence-corrected chi connectivity index (χ3v) is 6.56. The quantitative estimate of drug-likeness (QED) is 0.716. The van der Waals surface area contributed by atoms with Gasteiger partial charge in [-0.25, -0.2) is 8.42 Å². The van der Waals surface area contributed by atoms with Crippen molar-refractivity contribution in [2.24, 2.45) is 0 Å². The average Bonchev–Trinajstić information content (AvgIpc) is 2.72. The summed E-state index contributed by atoms with van der Waals surface area (Å²) in [6, 6.07) is 16.0. The van der Waals surface area contributed by atoms with Crippen molar-refractivity contribution in [3.8, 4) is 5.75 Å². The molecule has 0 saturated heterocycles. The molecule has 0 radical (unpaired) electrons. The maximum Gasteiger partial charge on any atom is 0.221 e. The molecule has 0 unspecified atom stereocenters. The highest BCUT2D eigenvalue weighted by Crippen LogP contribution is 2.31. The maximum absolute atomic E-state index is 12.8. The molecule has 3 aromatic rings. The van der Waals surface area contributed by atoms with Crippen LogP contribution in [0.4, 0.5) is 0 Å². The summed E-state index contributed by atoms with van der Waals surface area (Å²) in [5.74, 6) is 0.200. The molecule has 4 rings (SSSR count). The second-order valence-electron chi connectivity index (χ2n) is 6.70. The van der Waals surface area contributed by atoms with Gasteiger partial charge in [-0.15, -0.1) is 0 Å². The van der Waals surface area contributed by atoms with Gasteiger partial charge in [0.15, 0.2) is 9.84 Å². The fraction of sp³-hybridized carbons (Fsp3) is 0.238. The summed E-state index contributed by atoms with van der Waals surface area (Å²) in [5, 5.41) is 3.69. The van der Waals surface area contributed by atoms with Gasteiger partial charge < -0.3 is 10.1 Å². The minimum absolute atomic E-state index is 0.106. The standard InChI is InChI=1S/C21H20N2O4S/c24-20(23-17-10-13-27-18-8-2-1-7-16(17)18)11-14-28(25,26)19-9-3-5-15-6-4-12-22-21(15)19/h1-9,12,17H,10-11,13-14H2,(H,23,24)/t17-/m0/s1. The van der Waals surface area contributed by atoms with E-state index in [-0.39, 0.29) is 29.0 Å². The molecule has 1 amide bonds. The number of benzene rings is 2. The smallest absolute Gasteiger partial charge is 0.221 e. The van der Waals surface area contributed by atoms with Gasteiger partial charge in [-0.2, -0.15) is 0 Å². The average molecular weight is 396 g/mol. The predicted octanol–water partition coefficient (Wildman–Crippen LogP) is 3.04. The normalized spacial score (nSPS) is 16.2. The molecule has 7 heteroatoms. The van der Waals surface area contributed by atoms with Crippen LogP contribution in [0.2, 0.25) is 0 Å². The number of rotatable bonds is 5. The largest absolute Gasteiger partial charge is 0.493 e. The zero-order valence-corrected chi connectivity index (χ0v) is 16.0. The summed E-state index contributed by atoms with van der Waals surface area (Å²) in [6.07, 6.45) is 2.12. The number of hydrogen-bond donors (Lipinski definition) is 1. The Kier molecular flexibility index (Phi) is 5.00. The Balaban J connectivity index is 1.46. The van der Waals surface area contributed by atoms with Gasteiger partial charge in [-0.3, -0.25) is 9.78 Å². The maximum atomic E-state index is 12.8. The Morgan fingerprint density at radius 2 is 1.93 bits per heavy atom. The molecule has 0 bridgehead atoms. The van der Waals surface area contributed by atoms with Gasteiger partial charge >= 0.3 is 0 Å². The van der Waals surface area contributed by atoms with Gasteiger partial charge in [0.25, 0.3) is 0 Å². The van der Waals surface area contributed by atoms with Crippen molar-refractivity contribution in [2.75, 3.05) is 12.4 Å². The number of para-hydroxylation sites is 2. The highest BCUT2D eigenvalue weighted by molar-refractivity contribution is 7.91. The number of hydrogen-bond acceptors (Lipinski definition) is 5. The van der Waals surface area contributed by atoms with E-state index in [0.29, 0.717) is 18.5 Å². The van der Waals surface area contributed by atoms with Crippen molar-refractivity contribution < 1.29 is 17.9 Å². The van der Waals surface area contributed by atoms with E-state index < -0.39 is 9.84 Å². The molecule has 2 aromatic carbocycles. The lowest BCUT2D eigenvalue weighted by Crippen LogP contribution is -2.33. The van der Waals surface area contributed by atoms with Gasteiger partial charge in [0.05, 0.1) is 28.8 Å². The van der Waals surface area contributed by atoms with Crippen molar-refractivity contribution in [1.82, 2.24) is 10.3 Å². The topological polar surface area (TPSA) is 85.4 Å². The van der Waals surface area contributed by atoms with Crippen molar-refractivity contribution in [3.05, 3.63) is 66.4 Å². The number of fused-ring (bicyclic) bond motifs is 2. The molecule has 2 heterocycles. The van der Waals surface area contributed by atoms with E-state index >= 15 is 0 Å². The van der Waals surface area contributed by atoms with E-state index in [1.165, 1.54) is 6.07 Å². The second kappa shape index (κ2) is 7.59. The number of ether oxygens (including phenoxy) is 1. The molecule has 1 aromatic heterocycles. The van der Waals surface area contributed by atoms with Gasteiger partial charge in [0.2, 0.25) is 5.91 Å². The molecule has 6 nitrogen and oxygen atoms in total. The minimum Gasteiger partial charge on any atom is -0.493 e. The number of pyridine rings is 1. The van der Waals surface area contributed by atoms with Crippen LogP contribution in [0.15, 0.2) is 65.7 Å². The Bertz CT molecular complexity index is 1120. The Labute approximate surface area is 163 Å². The lowest BCUT2D eigenvalue weighted by atomic mass is 10.0. The molecule has 1 atom stereocenters. The fourth-order valence-corrected chi connectivity index (χ4v) is 4.85. The molecule has 0 fully saturated rings. The molecule has 0 aliphatic carbocycles. The highest BCUT2D eigenvalue weighted by atomic mass is 32.2. The number of nitrogens with one attached hydrogen (secondary N) is 1. The van der Waals surface area contributed by atoms with Crippen molar-refractivity contribution in [3.63, 3.8) is 0 Å². The highest BCUT2D eigenvalue weighted by Gasteiger charge is 2.24. The van der Waals surface area contributed by atoms with Crippen LogP contribution in [0.25, 0.3) is 10.9 Å². The fourth-order valence-electron chi connectivity index (χ4n) is 3.42. The summed E-state index contributed by atoms with van der Waals surface area (Å²) >= 11 is 0. The third kappa shape index (κ3) is 3.71. The summed E-state index contributed by atoms with van der Waals surface area (Å²) in [5.41, 5.74) is 1.35. The number of nitrogens with zero attached hydrogens (tertiary/aromatic N) is 1. The summed E-state index contributed by atoms with van der Waals surface area (Å²) < 4.78 is 31.2. The van der Waals surface area contributed by atoms with Crippen molar-refractivity contribution in [2.45, 2.75) is 23.8 Å². The molecule has 0 spiro atoms. The van der Waals surface area contributed by atoms with Gasteiger partial charge in [0, 0.05) is 30.0 Å². The van der Waals surface area contributed by atoms with E-state index in [1.54, 1.807) is 18.3 Å². The summed E-state index contributed by atoms with van der Waals surface area (Å²) in [6.45, 7) is 0.516. The zero-order valence-electron chi connectivity index (χ0n) is 15.2. The van der Waals surface area contributed by atoms with Gasteiger partial charge in [0.1, 0.15) is 5.75 Å².